The number of ether oxygens (including phenoxy) is 2. The number of aliphatic hydroxyl groups excluding tert-OH is 1. The van der Waals surface area contributed by atoms with Crippen LogP contribution in [0.5, 0.6) is 0 Å². The van der Waals surface area contributed by atoms with E-state index in [4.69, 9.17) is 9.84 Å². The number of hydrogen-bond donors (Lipinski definition) is 2. The van der Waals surface area contributed by atoms with Crippen LogP contribution >= 0.6 is 0 Å². The maximum Gasteiger partial charge on any atom is 0.407 e. The van der Waals surface area contributed by atoms with Gasteiger partial charge in [0.1, 0.15) is 6.61 Å². The van der Waals surface area contributed by atoms with Crippen LogP contribution < -0.4 is 5.32 Å². The van der Waals surface area contributed by atoms with E-state index in [1.54, 1.807) is 0 Å². The van der Waals surface area contributed by atoms with Crippen molar-refractivity contribution >= 4 is 12.1 Å². The Morgan fingerprint density at radius 2 is 1.64 bits per heavy atom. The van der Waals surface area contributed by atoms with Crippen molar-refractivity contribution < 1.29 is 24.2 Å². The van der Waals surface area contributed by atoms with Gasteiger partial charge in [-0.05, 0) is 22.3 Å². The predicted octanol–water partition coefficient (Wildman–Crippen LogP) is 2.06. The fraction of sp³-hybridized carbons (Fsp3) is 0.263. The molecule has 1 amide bonds. The minimum absolute atomic E-state index is 0.0659. The molecule has 0 saturated heterocycles. The van der Waals surface area contributed by atoms with Crippen LogP contribution in [-0.4, -0.2) is 43.5 Å². The molecule has 6 nitrogen and oxygen atoms in total. The molecule has 2 aromatic carbocycles. The van der Waals surface area contributed by atoms with E-state index in [1.165, 1.54) is 7.11 Å². The Morgan fingerprint density at radius 3 is 2.16 bits per heavy atom. The summed E-state index contributed by atoms with van der Waals surface area (Å²) in [6, 6.07) is 14.9. The lowest BCUT2D eigenvalue weighted by Crippen LogP contribution is -2.44. The average Bonchev–Trinajstić information content (AvgIpc) is 2.98. The highest BCUT2D eigenvalue weighted by Gasteiger charge is 2.29. The average molecular weight is 341 g/mol. The van der Waals surface area contributed by atoms with Crippen LogP contribution in [-0.2, 0) is 14.3 Å². The molecule has 0 radical (unpaired) electrons. The third kappa shape index (κ3) is 3.34. The fourth-order valence-electron chi connectivity index (χ4n) is 3.10. The molecular formula is C19H19NO5. The largest absolute Gasteiger partial charge is 0.467 e. The van der Waals surface area contributed by atoms with Crippen molar-refractivity contribution in [2.75, 3.05) is 20.3 Å². The SMILES string of the molecule is COC(=O)[C@@H](CO)NC(=O)OCC1c2ccccc2-c2ccccc21. The summed E-state index contributed by atoms with van der Waals surface area (Å²) in [7, 11) is 1.18. The van der Waals surface area contributed by atoms with Crippen LogP contribution in [0.4, 0.5) is 4.79 Å². The van der Waals surface area contributed by atoms with E-state index in [1.807, 2.05) is 48.5 Å². The van der Waals surface area contributed by atoms with Gasteiger partial charge >= 0.3 is 12.1 Å². The first-order chi connectivity index (χ1) is 12.2. The Morgan fingerprint density at radius 1 is 1.08 bits per heavy atom. The van der Waals surface area contributed by atoms with Gasteiger partial charge in [-0.15, -0.1) is 0 Å². The first-order valence-corrected chi connectivity index (χ1v) is 7.96. The molecule has 1 aliphatic carbocycles. The monoisotopic (exact) mass is 341 g/mol. The molecule has 0 fully saturated rings. The lowest BCUT2D eigenvalue weighted by atomic mass is 9.98. The van der Waals surface area contributed by atoms with Crippen molar-refractivity contribution in [1.82, 2.24) is 5.32 Å². The molecule has 0 bridgehead atoms. The summed E-state index contributed by atoms with van der Waals surface area (Å²) in [5.41, 5.74) is 4.47. The predicted molar refractivity (Wildman–Crippen MR) is 91.1 cm³/mol. The van der Waals surface area contributed by atoms with Gasteiger partial charge in [0.05, 0.1) is 13.7 Å². The second kappa shape index (κ2) is 7.36. The van der Waals surface area contributed by atoms with E-state index in [0.717, 1.165) is 22.3 Å². The number of methoxy groups -OCH3 is 1. The number of esters is 1. The third-order valence-electron chi connectivity index (χ3n) is 4.30. The minimum Gasteiger partial charge on any atom is -0.467 e. The molecule has 0 aliphatic heterocycles. The smallest absolute Gasteiger partial charge is 0.407 e. The van der Waals surface area contributed by atoms with Crippen LogP contribution in [0.2, 0.25) is 0 Å². The Labute approximate surface area is 145 Å². The summed E-state index contributed by atoms with van der Waals surface area (Å²) >= 11 is 0. The fourth-order valence-corrected chi connectivity index (χ4v) is 3.10. The summed E-state index contributed by atoms with van der Waals surface area (Å²) in [6.45, 7) is -0.421. The molecular weight excluding hydrogens is 322 g/mol. The van der Waals surface area contributed by atoms with Crippen molar-refractivity contribution in [3.8, 4) is 11.1 Å². The number of carbonyl (C=O) groups excluding carboxylic acids is 2. The summed E-state index contributed by atoms with van der Waals surface area (Å²) in [5, 5.41) is 11.4. The zero-order valence-corrected chi connectivity index (χ0v) is 13.8. The van der Waals surface area contributed by atoms with Gasteiger partial charge in [0, 0.05) is 5.92 Å². The molecule has 25 heavy (non-hydrogen) atoms. The number of alkyl carbamates (subject to hydrolysis) is 1. The zero-order valence-electron chi connectivity index (χ0n) is 13.8. The van der Waals surface area contributed by atoms with Crippen molar-refractivity contribution in [3.63, 3.8) is 0 Å². The van der Waals surface area contributed by atoms with Crippen LogP contribution in [0.25, 0.3) is 11.1 Å². The van der Waals surface area contributed by atoms with Crippen molar-refractivity contribution in [2.45, 2.75) is 12.0 Å². The molecule has 2 N–H and O–H groups in total. The van der Waals surface area contributed by atoms with Crippen molar-refractivity contribution in [2.24, 2.45) is 0 Å². The lowest BCUT2D eigenvalue weighted by Gasteiger charge is -2.17. The van der Waals surface area contributed by atoms with Gasteiger partial charge in [0.25, 0.3) is 0 Å². The van der Waals surface area contributed by atoms with E-state index >= 15 is 0 Å². The third-order valence-corrected chi connectivity index (χ3v) is 4.30. The maximum absolute atomic E-state index is 12.0. The van der Waals surface area contributed by atoms with Crippen LogP contribution in [0.15, 0.2) is 48.5 Å². The molecule has 0 heterocycles. The first-order valence-electron chi connectivity index (χ1n) is 7.96. The summed E-state index contributed by atoms with van der Waals surface area (Å²) in [6.07, 6.45) is -0.772. The van der Waals surface area contributed by atoms with Gasteiger partial charge in [0.2, 0.25) is 0 Å². The number of nitrogens with one attached hydrogen (secondary N) is 1. The van der Waals surface area contributed by atoms with Gasteiger partial charge in [-0.1, -0.05) is 48.5 Å². The van der Waals surface area contributed by atoms with Gasteiger partial charge in [0.15, 0.2) is 6.04 Å². The van der Waals surface area contributed by atoms with E-state index in [-0.39, 0.29) is 12.5 Å². The highest BCUT2D eigenvalue weighted by atomic mass is 16.6. The molecule has 130 valence electrons. The van der Waals surface area contributed by atoms with Crippen LogP contribution in [0.1, 0.15) is 17.0 Å². The highest BCUT2D eigenvalue weighted by Crippen LogP contribution is 2.44. The number of aliphatic hydroxyl groups is 1. The number of rotatable bonds is 5. The molecule has 2 aromatic rings. The quantitative estimate of drug-likeness (QED) is 0.813. The zero-order chi connectivity index (χ0) is 17.8. The van der Waals surface area contributed by atoms with E-state index in [9.17, 15) is 9.59 Å². The Kier molecular flexibility index (Phi) is 5.00. The van der Waals surface area contributed by atoms with Crippen molar-refractivity contribution in [1.29, 1.82) is 0 Å². The van der Waals surface area contributed by atoms with E-state index in [0.29, 0.717) is 0 Å². The maximum atomic E-state index is 12.0. The van der Waals surface area contributed by atoms with Crippen LogP contribution in [0.3, 0.4) is 0 Å². The first kappa shape index (κ1) is 17.0. The van der Waals surface area contributed by atoms with Gasteiger partial charge in [-0.3, -0.25) is 0 Å². The van der Waals surface area contributed by atoms with Gasteiger partial charge in [-0.25, -0.2) is 9.59 Å². The Hall–Kier alpha value is -2.86. The van der Waals surface area contributed by atoms with Gasteiger partial charge < -0.3 is 19.9 Å². The second-order valence-corrected chi connectivity index (χ2v) is 5.73. The Balaban J connectivity index is 1.71. The van der Waals surface area contributed by atoms with E-state index in [2.05, 4.69) is 10.1 Å². The summed E-state index contributed by atoms with van der Waals surface area (Å²) < 4.78 is 9.80. The van der Waals surface area contributed by atoms with Crippen LogP contribution in [0, 0.1) is 0 Å². The number of benzene rings is 2. The molecule has 0 unspecified atom stereocenters. The normalized spacial score (nSPS) is 13.5. The Bertz CT molecular complexity index is 743. The lowest BCUT2D eigenvalue weighted by molar-refractivity contribution is -0.144. The van der Waals surface area contributed by atoms with E-state index < -0.39 is 24.7 Å². The number of amides is 1. The molecule has 1 aliphatic rings. The molecule has 1 atom stereocenters. The molecule has 6 heteroatoms. The minimum atomic E-state index is -1.14. The number of hydrogen-bond acceptors (Lipinski definition) is 5. The summed E-state index contributed by atoms with van der Waals surface area (Å²) in [4.78, 5) is 23.4. The van der Waals surface area contributed by atoms with Gasteiger partial charge in [-0.2, -0.15) is 0 Å². The second-order valence-electron chi connectivity index (χ2n) is 5.73. The summed E-state index contributed by atoms with van der Waals surface area (Å²) in [5.74, 6) is -0.792. The number of carbonyl (C=O) groups is 2. The molecule has 3 rings (SSSR count). The number of fused-ring (bicyclic) bond motifs is 3. The highest BCUT2D eigenvalue weighted by molar-refractivity contribution is 5.82. The molecule has 0 spiro atoms. The molecule has 0 saturated carbocycles. The van der Waals surface area contributed by atoms with Crippen molar-refractivity contribution in [3.05, 3.63) is 59.7 Å². The topological polar surface area (TPSA) is 84.9 Å². The molecule has 0 aromatic heterocycles. The standard InChI is InChI=1S/C19H19NO5/c1-24-18(22)17(10-21)20-19(23)25-11-16-14-8-4-2-6-12(14)13-7-3-5-9-15(13)16/h2-9,16-17,21H,10-11H2,1H3,(H,20,23)/t17-/m1/s1.